The molecule has 2 heterocycles. The SMILES string of the molecule is CC1(C)c2ccccc2Oc2c1ccc1c2-c2ccc(-c3ccc(-c4ccc5c(c4)C(C)(C)c4ccc6c(c4-5)Sc4ccccc4C6(C)C)cc3)cc2C1(C)C. The zero-order valence-corrected chi connectivity index (χ0v) is 34.3. The minimum Gasteiger partial charge on any atom is -0.456 e. The summed E-state index contributed by atoms with van der Waals surface area (Å²) in [5, 5.41) is 0. The van der Waals surface area contributed by atoms with Crippen LogP contribution in [0.3, 0.4) is 0 Å². The highest BCUT2D eigenvalue weighted by molar-refractivity contribution is 7.99. The molecule has 2 aliphatic carbocycles. The molecule has 0 saturated carbocycles. The molecule has 7 aromatic carbocycles. The maximum absolute atomic E-state index is 6.78. The molecule has 0 bridgehead atoms. The second-order valence-corrected chi connectivity index (χ2v) is 19.6. The van der Waals surface area contributed by atoms with Gasteiger partial charge in [-0.3, -0.25) is 0 Å². The zero-order valence-electron chi connectivity index (χ0n) is 33.5. The van der Waals surface area contributed by atoms with E-state index in [-0.39, 0.29) is 21.7 Å². The van der Waals surface area contributed by atoms with Crippen LogP contribution in [0.25, 0.3) is 44.5 Å². The molecule has 0 spiro atoms. The summed E-state index contributed by atoms with van der Waals surface area (Å²) in [5.74, 6) is 1.98. The lowest BCUT2D eigenvalue weighted by molar-refractivity contribution is 0.419. The molecule has 2 heteroatoms. The van der Waals surface area contributed by atoms with Gasteiger partial charge in [-0.25, -0.2) is 0 Å². The summed E-state index contributed by atoms with van der Waals surface area (Å²) in [6.07, 6.45) is 0. The van der Waals surface area contributed by atoms with Crippen molar-refractivity contribution < 1.29 is 4.74 Å². The van der Waals surface area contributed by atoms with Crippen LogP contribution in [0.5, 0.6) is 11.5 Å². The van der Waals surface area contributed by atoms with Crippen molar-refractivity contribution in [2.75, 3.05) is 0 Å². The highest BCUT2D eigenvalue weighted by Crippen LogP contribution is 2.61. The third kappa shape index (κ3) is 4.40. The van der Waals surface area contributed by atoms with Gasteiger partial charge in [0.25, 0.3) is 0 Å². The molecule has 4 aliphatic rings. The van der Waals surface area contributed by atoms with E-state index in [1.165, 1.54) is 98.8 Å². The molecule has 0 N–H and O–H groups in total. The van der Waals surface area contributed by atoms with E-state index in [4.69, 9.17) is 4.74 Å². The van der Waals surface area contributed by atoms with Crippen LogP contribution < -0.4 is 4.74 Å². The van der Waals surface area contributed by atoms with Gasteiger partial charge in [0.15, 0.2) is 0 Å². The van der Waals surface area contributed by atoms with Gasteiger partial charge >= 0.3 is 0 Å². The summed E-state index contributed by atoms with van der Waals surface area (Å²) in [7, 11) is 0. The van der Waals surface area contributed by atoms with Crippen LogP contribution in [-0.2, 0) is 21.7 Å². The van der Waals surface area contributed by atoms with Crippen LogP contribution in [-0.4, -0.2) is 0 Å². The van der Waals surface area contributed by atoms with Gasteiger partial charge in [0.2, 0.25) is 0 Å². The van der Waals surface area contributed by atoms with Gasteiger partial charge in [0, 0.05) is 53.7 Å². The number of ether oxygens (including phenoxy) is 1. The molecule has 0 saturated heterocycles. The fourth-order valence-corrected chi connectivity index (χ4v) is 12.2. The number of rotatable bonds is 2. The maximum atomic E-state index is 6.78. The highest BCUT2D eigenvalue weighted by Gasteiger charge is 2.44. The van der Waals surface area contributed by atoms with E-state index in [0.717, 1.165) is 11.5 Å². The van der Waals surface area contributed by atoms with E-state index in [2.05, 4.69) is 189 Å². The normalized spacial score (nSPS) is 17.6. The third-order valence-electron chi connectivity index (χ3n) is 14.0. The first-order valence-corrected chi connectivity index (χ1v) is 20.9. The van der Waals surface area contributed by atoms with Crippen molar-refractivity contribution in [3.8, 4) is 56.0 Å². The summed E-state index contributed by atoms with van der Waals surface area (Å²) in [5.41, 5.74) is 20.8. The van der Waals surface area contributed by atoms with Crippen molar-refractivity contribution >= 4 is 11.8 Å². The van der Waals surface area contributed by atoms with Gasteiger partial charge < -0.3 is 4.74 Å². The van der Waals surface area contributed by atoms with Crippen LogP contribution in [0.2, 0.25) is 0 Å². The first-order valence-electron chi connectivity index (χ1n) is 20.1. The number of para-hydroxylation sites is 1. The zero-order chi connectivity index (χ0) is 38.5. The molecule has 0 aromatic heterocycles. The van der Waals surface area contributed by atoms with Crippen molar-refractivity contribution in [3.63, 3.8) is 0 Å². The summed E-state index contributed by atoms with van der Waals surface area (Å²) < 4.78 is 6.78. The van der Waals surface area contributed by atoms with Crippen molar-refractivity contribution in [1.82, 2.24) is 0 Å². The van der Waals surface area contributed by atoms with Crippen LogP contribution in [0, 0.1) is 0 Å². The Bertz CT molecular complexity index is 2650. The molecule has 0 unspecified atom stereocenters. The minimum atomic E-state index is -0.147. The van der Waals surface area contributed by atoms with E-state index in [1.807, 2.05) is 11.8 Å². The van der Waals surface area contributed by atoms with Gasteiger partial charge in [-0.1, -0.05) is 176 Å². The van der Waals surface area contributed by atoms with Crippen molar-refractivity contribution in [3.05, 3.63) is 178 Å². The van der Waals surface area contributed by atoms with Crippen LogP contribution in [0.4, 0.5) is 0 Å². The van der Waals surface area contributed by atoms with E-state index >= 15 is 0 Å². The van der Waals surface area contributed by atoms with Gasteiger partial charge in [0.1, 0.15) is 11.5 Å². The summed E-state index contributed by atoms with van der Waals surface area (Å²) >= 11 is 1.96. The topological polar surface area (TPSA) is 9.23 Å². The standard InChI is InChI=1S/C54H46OS/c1-51(2)37-13-9-11-15-45(37)55-49-41(51)27-25-39-47(49)35-23-21-33(29-43(35)53(39,5)6)31-17-19-32(20-18-31)34-22-24-36-44(30-34)54(7,8)40-26-28-42-50(48(36)40)56-46-16-12-10-14-38(46)52(42,3)4/h9-30H,1-8H3. The first-order chi connectivity index (χ1) is 26.8. The molecule has 11 rings (SSSR count). The number of hydrogen-bond acceptors (Lipinski definition) is 2. The van der Waals surface area contributed by atoms with Crippen molar-refractivity contribution in [2.24, 2.45) is 0 Å². The molecule has 56 heavy (non-hydrogen) atoms. The molecule has 1 nitrogen and oxygen atoms in total. The monoisotopic (exact) mass is 742 g/mol. The average molecular weight is 743 g/mol. The molecular weight excluding hydrogens is 697 g/mol. The smallest absolute Gasteiger partial charge is 0.139 e. The Morgan fingerprint density at radius 2 is 0.839 bits per heavy atom. The molecular formula is C54H46OS. The maximum Gasteiger partial charge on any atom is 0.139 e. The Morgan fingerprint density at radius 3 is 1.48 bits per heavy atom. The Kier molecular flexibility index (Phi) is 6.78. The number of fused-ring (bicyclic) bond motifs is 12. The van der Waals surface area contributed by atoms with Gasteiger partial charge in [-0.05, 0) is 91.0 Å². The lowest BCUT2D eigenvalue weighted by Gasteiger charge is -2.36. The fraction of sp³-hybridized carbons (Fsp3) is 0.222. The number of benzene rings is 7. The highest BCUT2D eigenvalue weighted by atomic mass is 32.2. The molecule has 0 radical (unpaired) electrons. The van der Waals surface area contributed by atoms with Crippen molar-refractivity contribution in [2.45, 2.75) is 86.8 Å². The Morgan fingerprint density at radius 1 is 0.375 bits per heavy atom. The minimum absolute atomic E-state index is 0.0443. The summed E-state index contributed by atoms with van der Waals surface area (Å²) in [4.78, 5) is 2.80. The van der Waals surface area contributed by atoms with E-state index in [0.29, 0.717) is 0 Å². The lowest BCUT2D eigenvalue weighted by atomic mass is 9.74. The quantitative estimate of drug-likeness (QED) is 0.174. The summed E-state index contributed by atoms with van der Waals surface area (Å²) in [6.45, 7) is 18.9. The lowest BCUT2D eigenvalue weighted by Crippen LogP contribution is -2.25. The molecule has 2 aliphatic heterocycles. The molecule has 0 atom stereocenters. The van der Waals surface area contributed by atoms with Gasteiger partial charge in [0.05, 0.1) is 0 Å². The fourth-order valence-electron chi connectivity index (χ4n) is 10.7. The van der Waals surface area contributed by atoms with Gasteiger partial charge in [-0.15, -0.1) is 0 Å². The summed E-state index contributed by atoms with van der Waals surface area (Å²) in [6, 6.07) is 50.4. The Balaban J connectivity index is 0.939. The predicted octanol–water partition coefficient (Wildman–Crippen LogP) is 14.9. The molecule has 7 aromatic rings. The van der Waals surface area contributed by atoms with Gasteiger partial charge in [-0.2, -0.15) is 0 Å². The average Bonchev–Trinajstić information content (AvgIpc) is 3.57. The third-order valence-corrected chi connectivity index (χ3v) is 15.2. The molecule has 0 fully saturated rings. The van der Waals surface area contributed by atoms with Crippen LogP contribution in [0.1, 0.15) is 99.9 Å². The predicted molar refractivity (Wildman–Crippen MR) is 234 cm³/mol. The Hall–Kier alpha value is -5.31. The van der Waals surface area contributed by atoms with E-state index in [9.17, 15) is 0 Å². The molecule has 0 amide bonds. The van der Waals surface area contributed by atoms with Crippen LogP contribution in [0.15, 0.2) is 143 Å². The second kappa shape index (κ2) is 11.2. The largest absolute Gasteiger partial charge is 0.456 e. The second-order valence-electron chi connectivity index (χ2n) is 18.5. The van der Waals surface area contributed by atoms with Crippen LogP contribution >= 0.6 is 11.8 Å². The first kappa shape index (κ1) is 34.0. The van der Waals surface area contributed by atoms with E-state index < -0.39 is 0 Å². The van der Waals surface area contributed by atoms with E-state index in [1.54, 1.807) is 0 Å². The Labute approximate surface area is 335 Å². The molecule has 274 valence electrons. The number of hydrogen-bond donors (Lipinski definition) is 0. The van der Waals surface area contributed by atoms with Crippen molar-refractivity contribution in [1.29, 1.82) is 0 Å².